The minimum absolute atomic E-state index is 0.0180. The summed E-state index contributed by atoms with van der Waals surface area (Å²) in [6.45, 7) is 6.12. The van der Waals surface area contributed by atoms with Crippen LogP contribution in [0.2, 0.25) is 0 Å². The maximum atomic E-state index is 13.1. The maximum absolute atomic E-state index is 13.1. The molecule has 138 valence electrons. The van der Waals surface area contributed by atoms with Crippen LogP contribution in [-0.2, 0) is 19.1 Å². The second-order valence-electron chi connectivity index (χ2n) is 9.47. The number of Topliss-reactive ketones (excluding diaryl/α,β-unsaturated/α-hetero) is 3. The quantitative estimate of drug-likeness (QED) is 0.733. The molecule has 4 aliphatic carbocycles. The van der Waals surface area contributed by atoms with Gasteiger partial charge < -0.3 is 9.84 Å². The van der Waals surface area contributed by atoms with Gasteiger partial charge in [-0.15, -0.1) is 0 Å². The topological polar surface area (TPSA) is 80.7 Å². The number of aliphatic hydroxyl groups is 1. The number of ether oxygens (including phenoxy) is 1. The molecule has 0 aromatic rings. The summed E-state index contributed by atoms with van der Waals surface area (Å²) in [7, 11) is 1.54. The zero-order valence-electron chi connectivity index (χ0n) is 15.5. The second kappa shape index (κ2) is 5.01. The lowest BCUT2D eigenvalue weighted by atomic mass is 9.39. The van der Waals surface area contributed by atoms with Gasteiger partial charge in [0.05, 0.1) is 23.5 Å². The molecule has 0 aromatic carbocycles. The largest absolute Gasteiger partial charge is 0.392 e. The third kappa shape index (κ3) is 1.74. The van der Waals surface area contributed by atoms with Crippen LogP contribution in [0.25, 0.3) is 0 Å². The number of ketones is 3. The van der Waals surface area contributed by atoms with Gasteiger partial charge in [-0.25, -0.2) is 0 Å². The molecule has 0 saturated heterocycles. The number of aliphatic hydroxyl groups excluding tert-OH is 1. The molecule has 2 bridgehead atoms. The molecule has 5 heteroatoms. The molecular weight excluding hydrogens is 320 g/mol. The predicted molar refractivity (Wildman–Crippen MR) is 89.7 cm³/mol. The minimum Gasteiger partial charge on any atom is -0.392 e. The molecule has 4 fully saturated rings. The summed E-state index contributed by atoms with van der Waals surface area (Å²) in [5.74, 6) is -1.05. The van der Waals surface area contributed by atoms with Crippen LogP contribution in [0, 0.1) is 34.0 Å². The van der Waals surface area contributed by atoms with Crippen molar-refractivity contribution >= 4 is 17.3 Å². The van der Waals surface area contributed by atoms with E-state index in [1.54, 1.807) is 7.11 Å². The average molecular weight is 348 g/mol. The SMILES string of the molecule is COC1C2CCC3C1(C(=O)C2=O)[C@H](O)C[C@@H]1C(C)(C)C(=O)CC[C@@]31C. The van der Waals surface area contributed by atoms with Gasteiger partial charge in [0.2, 0.25) is 11.6 Å². The van der Waals surface area contributed by atoms with Crippen LogP contribution in [0.15, 0.2) is 0 Å². The molecule has 7 atom stereocenters. The van der Waals surface area contributed by atoms with E-state index in [9.17, 15) is 19.5 Å². The van der Waals surface area contributed by atoms with Gasteiger partial charge in [-0.05, 0) is 42.9 Å². The first-order chi connectivity index (χ1) is 11.6. The molecule has 0 amide bonds. The number of methoxy groups -OCH3 is 1. The van der Waals surface area contributed by atoms with E-state index in [2.05, 4.69) is 6.92 Å². The second-order valence-corrected chi connectivity index (χ2v) is 9.47. The highest BCUT2D eigenvalue weighted by Gasteiger charge is 2.76. The van der Waals surface area contributed by atoms with Crippen molar-refractivity contribution in [2.24, 2.45) is 34.0 Å². The Bertz CT molecular complexity index is 667. The van der Waals surface area contributed by atoms with E-state index in [0.29, 0.717) is 19.3 Å². The number of carbonyl (C=O) groups excluding carboxylic acids is 3. The van der Waals surface area contributed by atoms with Crippen LogP contribution in [0.1, 0.15) is 52.9 Å². The van der Waals surface area contributed by atoms with Crippen molar-refractivity contribution in [3.63, 3.8) is 0 Å². The highest BCUT2D eigenvalue weighted by Crippen LogP contribution is 2.69. The standard InChI is InChI=1S/C20H28O5/c1-18(2)12-9-14(22)20-11(19(12,3)8-7-13(18)21)6-5-10(17(20)25-4)15(23)16(20)24/h10-12,14,17,22H,5-9H2,1-4H3/t10?,11?,12-,14-,17?,19+,20?/m1/s1. The summed E-state index contributed by atoms with van der Waals surface area (Å²) < 4.78 is 5.68. The van der Waals surface area contributed by atoms with Crippen LogP contribution in [-0.4, -0.2) is 41.8 Å². The molecule has 0 radical (unpaired) electrons. The Hall–Kier alpha value is -1.07. The lowest BCUT2D eigenvalue weighted by Crippen LogP contribution is -2.68. The zero-order valence-corrected chi connectivity index (χ0v) is 15.5. The molecule has 1 spiro atoms. The summed E-state index contributed by atoms with van der Waals surface area (Å²) in [6, 6.07) is 0. The zero-order chi connectivity index (χ0) is 18.4. The number of carbonyl (C=O) groups is 3. The van der Waals surface area contributed by atoms with E-state index in [0.717, 1.165) is 12.8 Å². The average Bonchev–Trinajstić information content (AvgIpc) is 2.70. The van der Waals surface area contributed by atoms with Crippen molar-refractivity contribution in [1.82, 2.24) is 0 Å². The van der Waals surface area contributed by atoms with Gasteiger partial charge >= 0.3 is 0 Å². The summed E-state index contributed by atoms with van der Waals surface area (Å²) >= 11 is 0. The van der Waals surface area contributed by atoms with Crippen molar-refractivity contribution in [1.29, 1.82) is 0 Å². The molecule has 4 saturated carbocycles. The maximum Gasteiger partial charge on any atom is 0.210 e. The fourth-order valence-electron chi connectivity index (χ4n) is 7.31. The van der Waals surface area contributed by atoms with E-state index < -0.39 is 34.7 Å². The summed E-state index contributed by atoms with van der Waals surface area (Å²) in [5.41, 5.74) is -1.87. The van der Waals surface area contributed by atoms with E-state index >= 15 is 0 Å². The molecule has 1 N–H and O–H groups in total. The van der Waals surface area contributed by atoms with E-state index in [4.69, 9.17) is 4.74 Å². The highest BCUT2D eigenvalue weighted by atomic mass is 16.5. The molecular formula is C20H28O5. The smallest absolute Gasteiger partial charge is 0.210 e. The van der Waals surface area contributed by atoms with Crippen molar-refractivity contribution in [3.05, 3.63) is 0 Å². The van der Waals surface area contributed by atoms with Crippen LogP contribution < -0.4 is 0 Å². The Kier molecular flexibility index (Phi) is 3.47. The summed E-state index contributed by atoms with van der Waals surface area (Å²) in [6.07, 6.45) is 1.55. The Morgan fingerprint density at radius 2 is 1.76 bits per heavy atom. The first-order valence-corrected chi connectivity index (χ1v) is 9.46. The molecule has 0 heterocycles. The first kappa shape index (κ1) is 17.3. The third-order valence-electron chi connectivity index (χ3n) is 8.47. The monoisotopic (exact) mass is 348 g/mol. The Labute approximate surface area is 148 Å². The van der Waals surface area contributed by atoms with Gasteiger partial charge in [0.1, 0.15) is 5.78 Å². The summed E-state index contributed by atoms with van der Waals surface area (Å²) in [4.78, 5) is 38.3. The number of fused-ring (bicyclic) bond motifs is 3. The van der Waals surface area contributed by atoms with Crippen LogP contribution in [0.5, 0.6) is 0 Å². The molecule has 0 aromatic heterocycles. The highest BCUT2D eigenvalue weighted by molar-refractivity contribution is 6.43. The molecule has 4 unspecified atom stereocenters. The number of hydrogen-bond donors (Lipinski definition) is 1. The van der Waals surface area contributed by atoms with Crippen LogP contribution in [0.3, 0.4) is 0 Å². The van der Waals surface area contributed by atoms with Crippen molar-refractivity contribution < 1.29 is 24.2 Å². The lowest BCUT2D eigenvalue weighted by Gasteiger charge is -2.64. The first-order valence-electron chi connectivity index (χ1n) is 9.46. The normalized spacial score (nSPS) is 51.2. The molecule has 0 aliphatic heterocycles. The van der Waals surface area contributed by atoms with Crippen molar-refractivity contribution in [2.45, 2.75) is 65.1 Å². The van der Waals surface area contributed by atoms with Gasteiger partial charge in [-0.3, -0.25) is 14.4 Å². The Morgan fingerprint density at radius 1 is 1.08 bits per heavy atom. The predicted octanol–water partition coefficient (Wildman–Crippen LogP) is 1.94. The number of rotatable bonds is 1. The van der Waals surface area contributed by atoms with Crippen molar-refractivity contribution in [3.8, 4) is 0 Å². The van der Waals surface area contributed by atoms with Crippen LogP contribution >= 0.6 is 0 Å². The van der Waals surface area contributed by atoms with E-state index in [-0.39, 0.29) is 28.8 Å². The molecule has 25 heavy (non-hydrogen) atoms. The number of hydrogen-bond acceptors (Lipinski definition) is 5. The van der Waals surface area contributed by atoms with Crippen molar-refractivity contribution in [2.75, 3.05) is 7.11 Å². The van der Waals surface area contributed by atoms with E-state index in [1.165, 1.54) is 0 Å². The summed E-state index contributed by atoms with van der Waals surface area (Å²) in [5, 5.41) is 11.2. The van der Waals surface area contributed by atoms with Gasteiger partial charge in [-0.1, -0.05) is 20.8 Å². The van der Waals surface area contributed by atoms with Gasteiger partial charge in [0.15, 0.2) is 0 Å². The Morgan fingerprint density at radius 3 is 2.40 bits per heavy atom. The fraction of sp³-hybridized carbons (Fsp3) is 0.850. The lowest BCUT2D eigenvalue weighted by molar-refractivity contribution is -0.227. The van der Waals surface area contributed by atoms with Gasteiger partial charge in [0.25, 0.3) is 0 Å². The van der Waals surface area contributed by atoms with E-state index in [1.807, 2.05) is 13.8 Å². The fourth-order valence-corrected chi connectivity index (χ4v) is 7.31. The Balaban J connectivity index is 1.89. The molecule has 4 aliphatic rings. The third-order valence-corrected chi connectivity index (χ3v) is 8.47. The van der Waals surface area contributed by atoms with Gasteiger partial charge in [0, 0.05) is 18.9 Å². The van der Waals surface area contributed by atoms with Gasteiger partial charge in [-0.2, -0.15) is 0 Å². The molecule has 4 rings (SSSR count). The van der Waals surface area contributed by atoms with Crippen LogP contribution in [0.4, 0.5) is 0 Å². The molecule has 5 nitrogen and oxygen atoms in total. The minimum atomic E-state index is -1.11.